The van der Waals surface area contributed by atoms with Crippen LogP contribution in [0.5, 0.6) is 5.75 Å². The van der Waals surface area contributed by atoms with Gasteiger partial charge in [0.2, 0.25) is 0 Å². The summed E-state index contributed by atoms with van der Waals surface area (Å²) in [4.78, 5) is 16.2. The summed E-state index contributed by atoms with van der Waals surface area (Å²) in [6.45, 7) is 7.88. The molecule has 0 fully saturated rings. The molecule has 0 aliphatic carbocycles. The molecule has 4 nitrogen and oxygen atoms in total. The Kier molecular flexibility index (Phi) is 5.43. The molecular weight excluding hydrogens is 324 g/mol. The van der Waals surface area contributed by atoms with Crippen molar-refractivity contribution in [3.05, 3.63) is 65.9 Å². The van der Waals surface area contributed by atoms with E-state index >= 15 is 0 Å². The Labute approximate surface area is 154 Å². The molecule has 136 valence electrons. The van der Waals surface area contributed by atoms with Crippen molar-refractivity contribution in [3.8, 4) is 5.75 Å². The first kappa shape index (κ1) is 18.2. The van der Waals surface area contributed by atoms with Crippen LogP contribution < -0.4 is 10.1 Å². The molecule has 0 saturated heterocycles. The maximum absolute atomic E-state index is 13.1. The second-order valence-corrected chi connectivity index (χ2v) is 7.45. The van der Waals surface area contributed by atoms with Crippen LogP contribution in [0.25, 0.3) is 10.9 Å². The minimum absolute atomic E-state index is 0.0152. The molecule has 0 unspecified atom stereocenters. The Bertz CT molecular complexity index is 890. The molecule has 0 aliphatic rings. The summed E-state index contributed by atoms with van der Waals surface area (Å²) < 4.78 is 5.92. The standard InChI is InChI=1S/C22H26N2O2/c1-22(2,3)24-13-7-15-26-20-11-5-4-8-18(20)21(25)17-9-6-10-19-16(17)12-14-23-19/h4-6,8-12,14,23-24H,7,13,15H2,1-3H3. The Balaban J connectivity index is 1.73. The van der Waals surface area contributed by atoms with Gasteiger partial charge in [-0.1, -0.05) is 24.3 Å². The van der Waals surface area contributed by atoms with Gasteiger partial charge in [0.05, 0.1) is 12.2 Å². The lowest BCUT2D eigenvalue weighted by molar-refractivity contribution is 0.103. The molecule has 0 radical (unpaired) electrons. The van der Waals surface area contributed by atoms with Gasteiger partial charge in [0.15, 0.2) is 5.78 Å². The average Bonchev–Trinajstić information content (AvgIpc) is 3.09. The second-order valence-electron chi connectivity index (χ2n) is 7.45. The topological polar surface area (TPSA) is 54.1 Å². The molecule has 0 bridgehead atoms. The van der Waals surface area contributed by atoms with Crippen molar-refractivity contribution >= 4 is 16.7 Å². The number of carbonyl (C=O) groups is 1. The van der Waals surface area contributed by atoms with Crippen molar-refractivity contribution in [1.29, 1.82) is 0 Å². The Hall–Kier alpha value is -2.59. The maximum atomic E-state index is 13.1. The lowest BCUT2D eigenvalue weighted by Crippen LogP contribution is -2.36. The first-order chi connectivity index (χ1) is 12.5. The zero-order valence-corrected chi connectivity index (χ0v) is 15.6. The fourth-order valence-corrected chi connectivity index (χ4v) is 2.93. The highest BCUT2D eigenvalue weighted by atomic mass is 16.5. The van der Waals surface area contributed by atoms with Gasteiger partial charge < -0.3 is 15.0 Å². The van der Waals surface area contributed by atoms with E-state index in [1.807, 2.05) is 54.7 Å². The number of hydrogen-bond donors (Lipinski definition) is 2. The molecule has 1 aromatic heterocycles. The minimum Gasteiger partial charge on any atom is -0.493 e. The summed E-state index contributed by atoms with van der Waals surface area (Å²) in [5, 5.41) is 4.37. The Morgan fingerprint density at radius 3 is 2.62 bits per heavy atom. The molecule has 2 N–H and O–H groups in total. The highest BCUT2D eigenvalue weighted by molar-refractivity contribution is 6.17. The number of ketones is 1. The van der Waals surface area contributed by atoms with Crippen molar-refractivity contribution in [3.63, 3.8) is 0 Å². The second kappa shape index (κ2) is 7.75. The van der Waals surface area contributed by atoms with Gasteiger partial charge in [0.25, 0.3) is 0 Å². The van der Waals surface area contributed by atoms with Crippen molar-refractivity contribution in [2.75, 3.05) is 13.2 Å². The SMILES string of the molecule is CC(C)(C)NCCCOc1ccccc1C(=O)c1cccc2[nH]ccc12. The van der Waals surface area contributed by atoms with Crippen molar-refractivity contribution < 1.29 is 9.53 Å². The largest absolute Gasteiger partial charge is 0.493 e. The van der Waals surface area contributed by atoms with Gasteiger partial charge in [-0.05, 0) is 58.0 Å². The highest BCUT2D eigenvalue weighted by Crippen LogP contribution is 2.25. The number of para-hydroxylation sites is 1. The maximum Gasteiger partial charge on any atom is 0.197 e. The van der Waals surface area contributed by atoms with Gasteiger partial charge in [-0.2, -0.15) is 0 Å². The van der Waals surface area contributed by atoms with Crippen LogP contribution in [0, 0.1) is 0 Å². The number of hydrogen-bond acceptors (Lipinski definition) is 3. The number of benzene rings is 2. The van der Waals surface area contributed by atoms with E-state index in [-0.39, 0.29) is 11.3 Å². The van der Waals surface area contributed by atoms with Crippen LogP contribution in [0.2, 0.25) is 0 Å². The first-order valence-electron chi connectivity index (χ1n) is 9.03. The number of aromatic nitrogens is 1. The van der Waals surface area contributed by atoms with Gasteiger partial charge in [0, 0.05) is 28.2 Å². The molecule has 3 rings (SSSR count). The van der Waals surface area contributed by atoms with Crippen LogP contribution in [-0.4, -0.2) is 29.5 Å². The van der Waals surface area contributed by atoms with E-state index in [9.17, 15) is 4.79 Å². The van der Waals surface area contributed by atoms with E-state index in [4.69, 9.17) is 4.74 Å². The van der Waals surface area contributed by atoms with Gasteiger partial charge >= 0.3 is 0 Å². The number of carbonyl (C=O) groups excluding carboxylic acids is 1. The third kappa shape index (κ3) is 4.33. The van der Waals surface area contributed by atoms with Crippen LogP contribution in [0.1, 0.15) is 43.1 Å². The van der Waals surface area contributed by atoms with E-state index in [0.717, 1.165) is 23.9 Å². The normalized spacial score (nSPS) is 11.7. The molecule has 4 heteroatoms. The molecule has 0 atom stereocenters. The summed E-state index contributed by atoms with van der Waals surface area (Å²) in [7, 11) is 0. The molecule has 1 heterocycles. The summed E-state index contributed by atoms with van der Waals surface area (Å²) in [5.74, 6) is 0.624. The minimum atomic E-state index is -0.0152. The number of rotatable bonds is 7. The zero-order chi connectivity index (χ0) is 18.6. The fraction of sp³-hybridized carbons (Fsp3) is 0.318. The third-order valence-electron chi connectivity index (χ3n) is 4.21. The molecule has 0 spiro atoms. The summed E-state index contributed by atoms with van der Waals surface area (Å²) >= 11 is 0. The van der Waals surface area contributed by atoms with Crippen LogP contribution >= 0.6 is 0 Å². The van der Waals surface area contributed by atoms with Gasteiger partial charge in [-0.25, -0.2) is 0 Å². The van der Waals surface area contributed by atoms with E-state index in [0.29, 0.717) is 23.5 Å². The molecule has 26 heavy (non-hydrogen) atoms. The number of aromatic amines is 1. The zero-order valence-electron chi connectivity index (χ0n) is 15.6. The van der Waals surface area contributed by atoms with Gasteiger partial charge in [0.1, 0.15) is 5.75 Å². The Morgan fingerprint density at radius 1 is 1.04 bits per heavy atom. The fourth-order valence-electron chi connectivity index (χ4n) is 2.93. The monoisotopic (exact) mass is 350 g/mol. The van der Waals surface area contributed by atoms with Crippen molar-refractivity contribution in [1.82, 2.24) is 10.3 Å². The van der Waals surface area contributed by atoms with E-state index in [1.54, 1.807) is 0 Å². The molecular formula is C22H26N2O2. The Morgan fingerprint density at radius 2 is 1.81 bits per heavy atom. The smallest absolute Gasteiger partial charge is 0.197 e. The van der Waals surface area contributed by atoms with E-state index in [2.05, 4.69) is 31.1 Å². The number of H-pyrrole nitrogens is 1. The van der Waals surface area contributed by atoms with Crippen LogP contribution in [0.15, 0.2) is 54.7 Å². The quantitative estimate of drug-likeness (QED) is 0.485. The van der Waals surface area contributed by atoms with Gasteiger partial charge in [-0.3, -0.25) is 4.79 Å². The molecule has 0 aliphatic heterocycles. The predicted octanol–water partition coefficient (Wildman–Crippen LogP) is 4.56. The number of fused-ring (bicyclic) bond motifs is 1. The molecule has 0 amide bonds. The summed E-state index contributed by atoms with van der Waals surface area (Å²) in [6, 6.07) is 15.1. The molecule has 0 saturated carbocycles. The van der Waals surface area contributed by atoms with E-state index in [1.165, 1.54) is 0 Å². The third-order valence-corrected chi connectivity index (χ3v) is 4.21. The van der Waals surface area contributed by atoms with Gasteiger partial charge in [-0.15, -0.1) is 0 Å². The van der Waals surface area contributed by atoms with Crippen LogP contribution in [0.4, 0.5) is 0 Å². The van der Waals surface area contributed by atoms with Crippen LogP contribution in [0.3, 0.4) is 0 Å². The molecule has 3 aromatic rings. The predicted molar refractivity (Wildman–Crippen MR) is 106 cm³/mol. The summed E-state index contributed by atoms with van der Waals surface area (Å²) in [6.07, 6.45) is 2.74. The number of nitrogens with one attached hydrogen (secondary N) is 2. The lowest BCUT2D eigenvalue weighted by atomic mass is 9.99. The average molecular weight is 350 g/mol. The van der Waals surface area contributed by atoms with Crippen molar-refractivity contribution in [2.45, 2.75) is 32.7 Å². The summed E-state index contributed by atoms with van der Waals surface area (Å²) in [5.41, 5.74) is 2.35. The highest BCUT2D eigenvalue weighted by Gasteiger charge is 2.17. The van der Waals surface area contributed by atoms with Crippen molar-refractivity contribution in [2.24, 2.45) is 0 Å². The first-order valence-corrected chi connectivity index (χ1v) is 9.03. The van der Waals surface area contributed by atoms with Crippen LogP contribution in [-0.2, 0) is 0 Å². The van der Waals surface area contributed by atoms with E-state index < -0.39 is 0 Å². The number of ether oxygens (including phenoxy) is 1. The molecule has 2 aromatic carbocycles. The lowest BCUT2D eigenvalue weighted by Gasteiger charge is -2.20.